The van der Waals surface area contributed by atoms with Crippen LogP contribution in [0.25, 0.3) is 0 Å². The van der Waals surface area contributed by atoms with E-state index in [-0.39, 0.29) is 5.56 Å². The molecule has 1 aliphatic heterocycles. The van der Waals surface area contributed by atoms with Crippen LogP contribution in [0.4, 0.5) is 0 Å². The maximum Gasteiger partial charge on any atom is 0.336 e. The van der Waals surface area contributed by atoms with Crippen LogP contribution in [0.5, 0.6) is 5.75 Å². The number of aromatic carboxylic acids is 1. The van der Waals surface area contributed by atoms with E-state index in [4.69, 9.17) is 11.2 Å². The van der Waals surface area contributed by atoms with Crippen molar-refractivity contribution in [3.8, 4) is 29.9 Å². The van der Waals surface area contributed by atoms with E-state index in [0.717, 1.165) is 29.7 Å². The maximum atomic E-state index is 11.2. The Morgan fingerprint density at radius 2 is 2.00 bits per heavy atom. The molecule has 2 aromatic rings. The van der Waals surface area contributed by atoms with Gasteiger partial charge < -0.3 is 9.84 Å². The Balaban J connectivity index is 2.03. The van der Waals surface area contributed by atoms with Gasteiger partial charge in [-0.05, 0) is 42.7 Å². The number of carboxylic acid groups (broad SMARTS) is 1. The number of hydrogen-bond donors (Lipinski definition) is 1. The molecule has 0 unspecified atom stereocenters. The molecule has 23 heavy (non-hydrogen) atoms. The van der Waals surface area contributed by atoms with Crippen molar-refractivity contribution in [1.82, 2.24) is 0 Å². The lowest BCUT2D eigenvalue weighted by Crippen LogP contribution is -2.10. The molecule has 0 saturated heterocycles. The SMILES string of the molecule is C#Cc1cc(C#Cc2ccccc2C(=O)O)cc2c1OCCC2. The van der Waals surface area contributed by atoms with Crippen molar-refractivity contribution < 1.29 is 14.6 Å². The molecular formula is C20H14O3. The fourth-order valence-electron chi connectivity index (χ4n) is 2.58. The van der Waals surface area contributed by atoms with Crippen molar-refractivity contribution >= 4 is 5.97 Å². The van der Waals surface area contributed by atoms with Gasteiger partial charge in [-0.3, -0.25) is 0 Å². The molecule has 0 atom stereocenters. The van der Waals surface area contributed by atoms with E-state index >= 15 is 0 Å². The molecule has 0 aliphatic carbocycles. The average molecular weight is 302 g/mol. The highest BCUT2D eigenvalue weighted by atomic mass is 16.5. The van der Waals surface area contributed by atoms with E-state index in [1.54, 1.807) is 30.3 Å². The standard InChI is InChI=1S/C20H14O3/c1-2-15-12-14(13-17-7-5-11-23-19(15)17)9-10-16-6-3-4-8-18(16)20(21)22/h1,3-4,6,8,12-13H,5,7,11H2,(H,21,22). The molecule has 0 aromatic heterocycles. The summed E-state index contributed by atoms with van der Waals surface area (Å²) < 4.78 is 5.65. The van der Waals surface area contributed by atoms with Crippen LogP contribution in [-0.4, -0.2) is 17.7 Å². The Bertz CT molecular complexity index is 876. The quantitative estimate of drug-likeness (QED) is 0.823. The molecular weight excluding hydrogens is 288 g/mol. The molecule has 1 aliphatic rings. The summed E-state index contributed by atoms with van der Waals surface area (Å²) in [7, 11) is 0. The number of ether oxygens (including phenoxy) is 1. The van der Waals surface area contributed by atoms with Crippen LogP contribution in [0, 0.1) is 24.2 Å². The molecule has 0 saturated carbocycles. The number of hydrogen-bond acceptors (Lipinski definition) is 2. The smallest absolute Gasteiger partial charge is 0.336 e. The maximum absolute atomic E-state index is 11.2. The van der Waals surface area contributed by atoms with Gasteiger partial charge in [-0.1, -0.05) is 29.9 Å². The molecule has 0 bridgehead atoms. The monoisotopic (exact) mass is 302 g/mol. The highest BCUT2D eigenvalue weighted by Crippen LogP contribution is 2.29. The normalized spacial score (nSPS) is 12.1. The zero-order chi connectivity index (χ0) is 16.2. The van der Waals surface area contributed by atoms with Crippen molar-refractivity contribution in [3.05, 3.63) is 64.2 Å². The van der Waals surface area contributed by atoms with Crippen molar-refractivity contribution in [3.63, 3.8) is 0 Å². The average Bonchev–Trinajstić information content (AvgIpc) is 2.59. The van der Waals surface area contributed by atoms with Gasteiger partial charge in [0.1, 0.15) is 5.75 Å². The van der Waals surface area contributed by atoms with Gasteiger partial charge in [0.05, 0.1) is 17.7 Å². The van der Waals surface area contributed by atoms with Crippen molar-refractivity contribution in [1.29, 1.82) is 0 Å². The van der Waals surface area contributed by atoms with Gasteiger partial charge in [0.15, 0.2) is 0 Å². The summed E-state index contributed by atoms with van der Waals surface area (Å²) in [4.78, 5) is 11.2. The fraction of sp³-hybridized carbons (Fsp3) is 0.150. The first-order valence-electron chi connectivity index (χ1n) is 7.29. The molecule has 2 aromatic carbocycles. The van der Waals surface area contributed by atoms with Gasteiger partial charge in [0, 0.05) is 11.1 Å². The Morgan fingerprint density at radius 1 is 1.17 bits per heavy atom. The minimum atomic E-state index is -0.988. The predicted octanol–water partition coefficient (Wildman–Crippen LogP) is 3.09. The van der Waals surface area contributed by atoms with Gasteiger partial charge in [0.25, 0.3) is 0 Å². The van der Waals surface area contributed by atoms with Gasteiger partial charge in [-0.15, -0.1) is 6.42 Å². The Labute approximate surface area is 134 Å². The van der Waals surface area contributed by atoms with Gasteiger partial charge in [-0.2, -0.15) is 0 Å². The van der Waals surface area contributed by atoms with Crippen LogP contribution in [0.2, 0.25) is 0 Å². The number of benzene rings is 2. The van der Waals surface area contributed by atoms with Crippen LogP contribution >= 0.6 is 0 Å². The minimum Gasteiger partial charge on any atom is -0.492 e. The van der Waals surface area contributed by atoms with Crippen molar-refractivity contribution in [2.75, 3.05) is 6.61 Å². The third-order valence-corrected chi connectivity index (χ3v) is 3.66. The zero-order valence-corrected chi connectivity index (χ0v) is 12.4. The number of aryl methyl sites for hydroxylation is 1. The van der Waals surface area contributed by atoms with E-state index in [0.29, 0.717) is 17.7 Å². The summed E-state index contributed by atoms with van der Waals surface area (Å²) in [5.74, 6) is 8.37. The summed E-state index contributed by atoms with van der Waals surface area (Å²) in [5.41, 5.74) is 3.19. The largest absolute Gasteiger partial charge is 0.492 e. The van der Waals surface area contributed by atoms with Gasteiger partial charge in [-0.25, -0.2) is 4.79 Å². The fourth-order valence-corrected chi connectivity index (χ4v) is 2.58. The second-order valence-corrected chi connectivity index (χ2v) is 5.21. The number of carboxylic acids is 1. The first-order chi connectivity index (χ1) is 11.2. The number of rotatable bonds is 1. The molecule has 3 heteroatoms. The van der Waals surface area contributed by atoms with Crippen LogP contribution in [0.3, 0.4) is 0 Å². The highest BCUT2D eigenvalue weighted by Gasteiger charge is 2.15. The summed E-state index contributed by atoms with van der Waals surface area (Å²) >= 11 is 0. The van der Waals surface area contributed by atoms with Crippen LogP contribution in [0.1, 0.15) is 39.0 Å². The van der Waals surface area contributed by atoms with E-state index in [1.165, 1.54) is 0 Å². The predicted molar refractivity (Wildman–Crippen MR) is 87.6 cm³/mol. The Kier molecular flexibility index (Phi) is 4.04. The van der Waals surface area contributed by atoms with E-state index in [2.05, 4.69) is 17.8 Å². The second kappa shape index (κ2) is 6.30. The lowest BCUT2D eigenvalue weighted by molar-refractivity contribution is 0.0696. The van der Waals surface area contributed by atoms with Crippen LogP contribution in [0.15, 0.2) is 36.4 Å². The summed E-state index contributed by atoms with van der Waals surface area (Å²) in [6.45, 7) is 0.679. The molecule has 3 nitrogen and oxygen atoms in total. The van der Waals surface area contributed by atoms with E-state index in [1.807, 2.05) is 6.07 Å². The number of carbonyl (C=O) groups is 1. The molecule has 1 heterocycles. The topological polar surface area (TPSA) is 46.5 Å². The zero-order valence-electron chi connectivity index (χ0n) is 12.4. The van der Waals surface area contributed by atoms with Crippen molar-refractivity contribution in [2.45, 2.75) is 12.8 Å². The number of fused-ring (bicyclic) bond motifs is 1. The minimum absolute atomic E-state index is 0.193. The van der Waals surface area contributed by atoms with E-state index < -0.39 is 5.97 Å². The summed E-state index contributed by atoms with van der Waals surface area (Å²) in [6.07, 6.45) is 7.42. The molecule has 3 rings (SSSR count). The van der Waals surface area contributed by atoms with E-state index in [9.17, 15) is 9.90 Å². The molecule has 0 fully saturated rings. The molecule has 0 spiro atoms. The van der Waals surface area contributed by atoms with Crippen molar-refractivity contribution in [2.24, 2.45) is 0 Å². The second-order valence-electron chi connectivity index (χ2n) is 5.21. The lowest BCUT2D eigenvalue weighted by atomic mass is 9.99. The van der Waals surface area contributed by atoms with Gasteiger partial charge >= 0.3 is 5.97 Å². The third-order valence-electron chi connectivity index (χ3n) is 3.66. The Hall–Kier alpha value is -3.17. The van der Waals surface area contributed by atoms with Crippen LogP contribution in [-0.2, 0) is 6.42 Å². The lowest BCUT2D eigenvalue weighted by Gasteiger charge is -2.18. The summed E-state index contributed by atoms with van der Waals surface area (Å²) in [6, 6.07) is 10.5. The molecule has 0 radical (unpaired) electrons. The first-order valence-corrected chi connectivity index (χ1v) is 7.29. The third kappa shape index (κ3) is 3.05. The number of terminal acetylenes is 1. The summed E-state index contributed by atoms with van der Waals surface area (Å²) in [5, 5.41) is 9.19. The van der Waals surface area contributed by atoms with Gasteiger partial charge in [0.2, 0.25) is 0 Å². The van der Waals surface area contributed by atoms with Crippen LogP contribution < -0.4 is 4.74 Å². The highest BCUT2D eigenvalue weighted by molar-refractivity contribution is 5.90. The first kappa shape index (κ1) is 14.8. The molecule has 0 amide bonds. The Morgan fingerprint density at radius 3 is 2.78 bits per heavy atom. The molecule has 112 valence electrons. The molecule has 1 N–H and O–H groups in total.